The number of rotatable bonds is 8. The van der Waals surface area contributed by atoms with E-state index < -0.39 is 0 Å². The first kappa shape index (κ1) is 15.8. The van der Waals surface area contributed by atoms with Crippen LogP contribution in [0, 0.1) is 0 Å². The van der Waals surface area contributed by atoms with Crippen LogP contribution in [-0.2, 0) is 6.54 Å². The highest BCUT2D eigenvalue weighted by Gasteiger charge is 2.08. The number of phenolic OH excluding ortho intramolecular Hbond substituents is 1. The number of fused-ring (bicyclic) bond motifs is 1. The summed E-state index contributed by atoms with van der Waals surface area (Å²) in [6.07, 6.45) is 6.42. The third kappa shape index (κ3) is 4.47. The second-order valence-electron chi connectivity index (χ2n) is 5.92. The Hall–Kier alpha value is -1.54. The molecule has 0 aliphatic rings. The Kier molecular flexibility index (Phi) is 6.06. The van der Waals surface area contributed by atoms with Gasteiger partial charge >= 0.3 is 0 Å². The van der Waals surface area contributed by atoms with Gasteiger partial charge in [0.2, 0.25) is 0 Å². The van der Waals surface area contributed by atoms with Crippen molar-refractivity contribution in [1.29, 1.82) is 0 Å². The average molecular weight is 285 g/mol. The molecular weight excluding hydrogens is 258 g/mol. The lowest BCUT2D eigenvalue weighted by Gasteiger charge is -2.16. The van der Waals surface area contributed by atoms with Crippen LogP contribution in [0.1, 0.15) is 51.5 Å². The summed E-state index contributed by atoms with van der Waals surface area (Å²) in [5, 5.41) is 16.0. The summed E-state index contributed by atoms with van der Waals surface area (Å²) in [5.41, 5.74) is 1.01. The van der Waals surface area contributed by atoms with E-state index in [4.69, 9.17) is 0 Å². The minimum absolute atomic E-state index is 0.388. The molecule has 0 amide bonds. The summed E-state index contributed by atoms with van der Waals surface area (Å²) < 4.78 is 0. The highest BCUT2D eigenvalue weighted by molar-refractivity contribution is 5.87. The standard InChI is InChI=1S/C19H27NO/c1-3-4-5-6-9-15(2)20-14-18-17-11-8-7-10-16(17)12-13-19(18)21/h7-8,10-13,15,20-21H,3-6,9,14H2,1-2H3. The van der Waals surface area contributed by atoms with E-state index in [2.05, 4.69) is 31.3 Å². The van der Waals surface area contributed by atoms with Crippen LogP contribution in [0.5, 0.6) is 5.75 Å². The molecule has 0 radical (unpaired) electrons. The summed E-state index contributed by atoms with van der Waals surface area (Å²) in [6, 6.07) is 12.5. The maximum Gasteiger partial charge on any atom is 0.120 e. The van der Waals surface area contributed by atoms with Crippen LogP contribution in [0.3, 0.4) is 0 Å². The lowest BCUT2D eigenvalue weighted by Crippen LogP contribution is -2.25. The summed E-state index contributed by atoms with van der Waals surface area (Å²) in [6.45, 7) is 5.20. The molecule has 2 nitrogen and oxygen atoms in total. The molecule has 0 aromatic heterocycles. The molecule has 2 aromatic rings. The molecule has 0 fully saturated rings. The lowest BCUT2D eigenvalue weighted by atomic mass is 10.0. The van der Waals surface area contributed by atoms with Crippen LogP contribution < -0.4 is 5.32 Å². The molecule has 2 aromatic carbocycles. The number of aromatic hydroxyl groups is 1. The van der Waals surface area contributed by atoms with E-state index in [1.165, 1.54) is 37.5 Å². The molecule has 2 heteroatoms. The molecule has 2 rings (SSSR count). The van der Waals surface area contributed by atoms with Crippen molar-refractivity contribution in [1.82, 2.24) is 5.32 Å². The van der Waals surface area contributed by atoms with Crippen molar-refractivity contribution in [3.8, 4) is 5.75 Å². The molecule has 0 heterocycles. The van der Waals surface area contributed by atoms with Gasteiger partial charge in [-0.15, -0.1) is 0 Å². The van der Waals surface area contributed by atoms with Crippen LogP contribution in [-0.4, -0.2) is 11.1 Å². The van der Waals surface area contributed by atoms with Crippen molar-refractivity contribution >= 4 is 10.8 Å². The number of nitrogens with one attached hydrogen (secondary N) is 1. The van der Waals surface area contributed by atoms with Gasteiger partial charge in [0, 0.05) is 18.2 Å². The van der Waals surface area contributed by atoms with Gasteiger partial charge in [0.25, 0.3) is 0 Å². The Bertz CT molecular complexity index is 564. The predicted molar refractivity (Wildman–Crippen MR) is 90.7 cm³/mol. The van der Waals surface area contributed by atoms with Gasteiger partial charge in [-0.05, 0) is 30.2 Å². The van der Waals surface area contributed by atoms with E-state index in [-0.39, 0.29) is 0 Å². The Labute approximate surface area is 128 Å². The summed E-state index contributed by atoms with van der Waals surface area (Å²) in [4.78, 5) is 0. The predicted octanol–water partition coefficient (Wildman–Crippen LogP) is 4.99. The van der Waals surface area contributed by atoms with Crippen LogP contribution in [0.2, 0.25) is 0 Å². The van der Waals surface area contributed by atoms with Crippen molar-refractivity contribution in [2.75, 3.05) is 0 Å². The summed E-state index contributed by atoms with van der Waals surface area (Å²) in [5.74, 6) is 0.388. The largest absolute Gasteiger partial charge is 0.508 e. The van der Waals surface area contributed by atoms with Gasteiger partial charge in [-0.25, -0.2) is 0 Å². The molecule has 114 valence electrons. The highest BCUT2D eigenvalue weighted by atomic mass is 16.3. The maximum absolute atomic E-state index is 10.1. The number of phenols is 1. The molecule has 0 saturated heterocycles. The summed E-state index contributed by atoms with van der Waals surface area (Å²) in [7, 11) is 0. The molecule has 0 aliphatic carbocycles. The molecule has 0 saturated carbocycles. The fourth-order valence-electron chi connectivity index (χ4n) is 2.77. The first-order valence-corrected chi connectivity index (χ1v) is 8.15. The topological polar surface area (TPSA) is 32.3 Å². The number of unbranched alkanes of at least 4 members (excludes halogenated alkanes) is 3. The van der Waals surface area contributed by atoms with Crippen molar-refractivity contribution in [3.05, 3.63) is 42.0 Å². The van der Waals surface area contributed by atoms with Crippen molar-refractivity contribution in [3.63, 3.8) is 0 Å². The van der Waals surface area contributed by atoms with Gasteiger partial charge in [-0.1, -0.05) is 62.9 Å². The van der Waals surface area contributed by atoms with E-state index in [9.17, 15) is 5.11 Å². The first-order valence-electron chi connectivity index (χ1n) is 8.15. The van der Waals surface area contributed by atoms with Crippen molar-refractivity contribution in [2.45, 2.75) is 58.5 Å². The molecule has 21 heavy (non-hydrogen) atoms. The number of benzene rings is 2. The van der Waals surface area contributed by atoms with Gasteiger partial charge in [0.1, 0.15) is 5.75 Å². The van der Waals surface area contributed by atoms with Gasteiger partial charge in [-0.2, -0.15) is 0 Å². The van der Waals surface area contributed by atoms with Gasteiger partial charge in [0.05, 0.1) is 0 Å². The minimum atomic E-state index is 0.388. The SMILES string of the molecule is CCCCCCC(C)NCc1c(O)ccc2ccccc12. The third-order valence-electron chi connectivity index (χ3n) is 4.13. The molecule has 0 spiro atoms. The quantitative estimate of drug-likeness (QED) is 0.669. The zero-order chi connectivity index (χ0) is 15.1. The summed E-state index contributed by atoms with van der Waals surface area (Å²) >= 11 is 0. The Morgan fingerprint density at radius 1 is 1.05 bits per heavy atom. The smallest absolute Gasteiger partial charge is 0.120 e. The van der Waals surface area contributed by atoms with Crippen molar-refractivity contribution < 1.29 is 5.11 Å². The Morgan fingerprint density at radius 2 is 1.86 bits per heavy atom. The zero-order valence-corrected chi connectivity index (χ0v) is 13.2. The Balaban J connectivity index is 1.95. The van der Waals surface area contributed by atoms with Gasteiger partial charge in [-0.3, -0.25) is 0 Å². The molecule has 2 N–H and O–H groups in total. The monoisotopic (exact) mass is 285 g/mol. The molecule has 1 atom stereocenters. The van der Waals surface area contributed by atoms with E-state index >= 15 is 0 Å². The van der Waals surface area contributed by atoms with Crippen LogP contribution in [0.15, 0.2) is 36.4 Å². The fourth-order valence-corrected chi connectivity index (χ4v) is 2.77. The van der Waals surface area contributed by atoms with Gasteiger partial charge in [0.15, 0.2) is 0 Å². The first-order chi connectivity index (χ1) is 10.2. The van der Waals surface area contributed by atoms with Crippen LogP contribution >= 0.6 is 0 Å². The van der Waals surface area contributed by atoms with Gasteiger partial charge < -0.3 is 10.4 Å². The highest BCUT2D eigenvalue weighted by Crippen LogP contribution is 2.27. The second kappa shape index (κ2) is 8.04. The van der Waals surface area contributed by atoms with E-state index in [1.54, 1.807) is 6.07 Å². The average Bonchev–Trinajstić information content (AvgIpc) is 2.50. The van der Waals surface area contributed by atoms with Crippen molar-refractivity contribution in [2.24, 2.45) is 0 Å². The van der Waals surface area contributed by atoms with E-state index in [0.29, 0.717) is 11.8 Å². The minimum Gasteiger partial charge on any atom is -0.508 e. The zero-order valence-electron chi connectivity index (χ0n) is 13.2. The molecule has 0 bridgehead atoms. The second-order valence-corrected chi connectivity index (χ2v) is 5.92. The Morgan fingerprint density at radius 3 is 2.67 bits per heavy atom. The fraction of sp³-hybridized carbons (Fsp3) is 0.474. The number of hydrogen-bond acceptors (Lipinski definition) is 2. The molecule has 1 unspecified atom stereocenters. The number of hydrogen-bond donors (Lipinski definition) is 2. The normalized spacial score (nSPS) is 12.7. The van der Waals surface area contributed by atoms with E-state index in [1.807, 2.05) is 18.2 Å². The molecule has 0 aliphatic heterocycles. The lowest BCUT2D eigenvalue weighted by molar-refractivity contribution is 0.451. The van der Waals surface area contributed by atoms with E-state index in [0.717, 1.165) is 17.5 Å². The van der Waals surface area contributed by atoms with Crippen LogP contribution in [0.4, 0.5) is 0 Å². The molecular formula is C19H27NO. The maximum atomic E-state index is 10.1. The van der Waals surface area contributed by atoms with Crippen LogP contribution in [0.25, 0.3) is 10.8 Å². The third-order valence-corrected chi connectivity index (χ3v) is 4.13.